The van der Waals surface area contributed by atoms with Gasteiger partial charge < -0.3 is 14.7 Å². The highest BCUT2D eigenvalue weighted by Gasteiger charge is 2.34. The standard InChI is InChI=1S/C29H38N4O3/c1-21-17-33(22(2)20-34)29(35)26-15-25(10-9-23-7-5-4-6-8-23)16-31-28(26)36-27(21)19-32(3)18-24-11-13-30-14-12-24/h11-16,21-23,27,34H,4-8,17-20H2,1-3H3/t21-,22+,27+/m0/s1. The van der Waals surface area contributed by atoms with Crippen LogP contribution in [0.5, 0.6) is 5.88 Å². The van der Waals surface area contributed by atoms with Crippen molar-refractivity contribution in [2.24, 2.45) is 11.8 Å². The predicted octanol–water partition coefficient (Wildman–Crippen LogP) is 3.76. The fourth-order valence-corrected chi connectivity index (χ4v) is 4.99. The number of amides is 1. The van der Waals surface area contributed by atoms with Gasteiger partial charge in [0.15, 0.2) is 0 Å². The van der Waals surface area contributed by atoms with Gasteiger partial charge in [-0.3, -0.25) is 14.7 Å². The number of pyridine rings is 2. The van der Waals surface area contributed by atoms with E-state index in [1.165, 1.54) is 24.8 Å². The van der Waals surface area contributed by atoms with Crippen LogP contribution >= 0.6 is 0 Å². The summed E-state index contributed by atoms with van der Waals surface area (Å²) < 4.78 is 6.42. The number of aromatic nitrogens is 2. The molecule has 2 aromatic rings. The number of aliphatic hydroxyl groups excluding tert-OH is 1. The first kappa shape index (κ1) is 26.1. The van der Waals surface area contributed by atoms with E-state index in [-0.39, 0.29) is 30.6 Å². The number of aliphatic hydroxyl groups is 1. The van der Waals surface area contributed by atoms with Gasteiger partial charge in [-0.1, -0.05) is 38.0 Å². The molecule has 7 nitrogen and oxygen atoms in total. The molecule has 0 bridgehead atoms. The first-order valence-electron chi connectivity index (χ1n) is 13.1. The van der Waals surface area contributed by atoms with Crippen molar-refractivity contribution >= 4 is 5.91 Å². The summed E-state index contributed by atoms with van der Waals surface area (Å²) in [4.78, 5) is 26.2. The quantitative estimate of drug-likeness (QED) is 0.622. The lowest BCUT2D eigenvalue weighted by Crippen LogP contribution is -2.49. The Labute approximate surface area is 214 Å². The van der Waals surface area contributed by atoms with Gasteiger partial charge in [-0.15, -0.1) is 0 Å². The molecule has 1 amide bonds. The molecule has 2 aromatic heterocycles. The maximum absolute atomic E-state index is 13.6. The van der Waals surface area contributed by atoms with Crippen LogP contribution in [0.2, 0.25) is 0 Å². The van der Waals surface area contributed by atoms with Crippen LogP contribution in [-0.4, -0.2) is 69.7 Å². The highest BCUT2D eigenvalue weighted by atomic mass is 16.5. The molecule has 0 spiro atoms. The van der Waals surface area contributed by atoms with Crippen LogP contribution in [0.3, 0.4) is 0 Å². The number of nitrogens with zero attached hydrogens (tertiary/aromatic N) is 4. The lowest BCUT2D eigenvalue weighted by Gasteiger charge is -2.37. The van der Waals surface area contributed by atoms with Crippen LogP contribution in [0.15, 0.2) is 36.8 Å². The van der Waals surface area contributed by atoms with Crippen molar-refractivity contribution in [1.29, 1.82) is 0 Å². The molecule has 7 heteroatoms. The van der Waals surface area contributed by atoms with Crippen LogP contribution in [0.25, 0.3) is 0 Å². The lowest BCUT2D eigenvalue weighted by molar-refractivity contribution is 0.0325. The molecule has 4 rings (SSSR count). The number of fused-ring (bicyclic) bond motifs is 1. The van der Waals surface area contributed by atoms with Gasteiger partial charge in [-0.2, -0.15) is 0 Å². The van der Waals surface area contributed by atoms with Crippen molar-refractivity contribution in [3.05, 3.63) is 53.5 Å². The number of carbonyl (C=O) groups excluding carboxylic acids is 1. The molecule has 3 atom stereocenters. The molecule has 3 heterocycles. The van der Waals surface area contributed by atoms with E-state index < -0.39 is 0 Å². The van der Waals surface area contributed by atoms with Gasteiger partial charge in [-0.25, -0.2) is 4.98 Å². The van der Waals surface area contributed by atoms with Crippen LogP contribution in [0.1, 0.15) is 67.4 Å². The minimum Gasteiger partial charge on any atom is -0.472 e. The number of ether oxygens (including phenoxy) is 1. The van der Waals surface area contributed by atoms with Crippen LogP contribution in [0, 0.1) is 23.7 Å². The summed E-state index contributed by atoms with van der Waals surface area (Å²) in [6.45, 7) is 5.79. The van der Waals surface area contributed by atoms with Crippen molar-refractivity contribution in [1.82, 2.24) is 19.8 Å². The minimum absolute atomic E-state index is 0.0450. The van der Waals surface area contributed by atoms with Crippen LogP contribution < -0.4 is 4.74 Å². The van der Waals surface area contributed by atoms with Gasteiger partial charge in [0, 0.05) is 55.6 Å². The maximum atomic E-state index is 13.6. The summed E-state index contributed by atoms with van der Waals surface area (Å²) in [5.41, 5.74) is 2.32. The summed E-state index contributed by atoms with van der Waals surface area (Å²) in [5, 5.41) is 9.88. The van der Waals surface area contributed by atoms with Crippen molar-refractivity contribution in [2.75, 3.05) is 26.7 Å². The van der Waals surface area contributed by atoms with E-state index in [9.17, 15) is 9.90 Å². The molecule has 2 aliphatic rings. The van der Waals surface area contributed by atoms with E-state index in [0.717, 1.165) is 24.9 Å². The third-order valence-electron chi connectivity index (χ3n) is 7.24. The van der Waals surface area contributed by atoms with Gasteiger partial charge in [-0.05, 0) is 50.6 Å². The molecular weight excluding hydrogens is 452 g/mol. The number of rotatable bonds is 6. The summed E-state index contributed by atoms with van der Waals surface area (Å²) in [7, 11) is 2.06. The SMILES string of the molecule is C[C@H](CO)N1C[C@H](C)[C@@H](CN(C)Cc2ccncc2)Oc2ncc(C#CC3CCCCC3)cc2C1=O. The van der Waals surface area contributed by atoms with Crippen molar-refractivity contribution in [2.45, 2.75) is 64.6 Å². The Morgan fingerprint density at radius 3 is 2.72 bits per heavy atom. The minimum atomic E-state index is -0.307. The summed E-state index contributed by atoms with van der Waals surface area (Å²) >= 11 is 0. The number of carbonyl (C=O) groups is 1. The Bertz CT molecular complexity index is 1070. The second-order valence-electron chi connectivity index (χ2n) is 10.4. The third kappa shape index (κ3) is 6.63. The van der Waals surface area contributed by atoms with Crippen LogP contribution in [0.4, 0.5) is 0 Å². The fraction of sp³-hybridized carbons (Fsp3) is 0.552. The molecular formula is C29H38N4O3. The molecule has 0 radical (unpaired) electrons. The number of likely N-dealkylation sites (N-methyl/N-ethyl adjacent to an activating group) is 1. The summed E-state index contributed by atoms with van der Waals surface area (Å²) in [5.74, 6) is 7.28. The zero-order valence-corrected chi connectivity index (χ0v) is 21.7. The molecule has 1 aliphatic carbocycles. The number of hydrogen-bond donors (Lipinski definition) is 1. The third-order valence-corrected chi connectivity index (χ3v) is 7.24. The highest BCUT2D eigenvalue weighted by molar-refractivity contribution is 5.97. The summed E-state index contributed by atoms with van der Waals surface area (Å²) in [6, 6.07) is 5.52. The van der Waals surface area contributed by atoms with Gasteiger partial charge in [0.25, 0.3) is 5.91 Å². The molecule has 0 aromatic carbocycles. The van der Waals surface area contributed by atoms with Gasteiger partial charge in [0.1, 0.15) is 11.7 Å². The smallest absolute Gasteiger partial charge is 0.259 e. The Morgan fingerprint density at radius 1 is 1.25 bits per heavy atom. The van der Waals surface area contributed by atoms with Gasteiger partial charge >= 0.3 is 0 Å². The second kappa shape index (κ2) is 12.3. The Morgan fingerprint density at radius 2 is 2.00 bits per heavy atom. The Balaban J connectivity index is 1.59. The normalized spacial score (nSPS) is 21.6. The molecule has 1 fully saturated rings. The van der Waals surface area contributed by atoms with Crippen molar-refractivity contribution < 1.29 is 14.6 Å². The molecule has 1 N–H and O–H groups in total. The summed E-state index contributed by atoms with van der Waals surface area (Å²) in [6.07, 6.45) is 11.2. The van der Waals surface area contributed by atoms with E-state index in [0.29, 0.717) is 30.5 Å². The molecule has 0 unspecified atom stereocenters. The van der Waals surface area contributed by atoms with E-state index in [1.807, 2.05) is 25.1 Å². The topological polar surface area (TPSA) is 78.8 Å². The van der Waals surface area contributed by atoms with Crippen molar-refractivity contribution in [3.63, 3.8) is 0 Å². The van der Waals surface area contributed by atoms with E-state index in [1.54, 1.807) is 23.5 Å². The molecule has 1 saturated carbocycles. The van der Waals surface area contributed by atoms with Gasteiger partial charge in [0.05, 0.1) is 12.6 Å². The van der Waals surface area contributed by atoms with Crippen molar-refractivity contribution in [3.8, 4) is 17.7 Å². The van der Waals surface area contributed by atoms with E-state index >= 15 is 0 Å². The Hall–Kier alpha value is -2.95. The molecule has 36 heavy (non-hydrogen) atoms. The molecule has 0 saturated heterocycles. The second-order valence-corrected chi connectivity index (χ2v) is 10.4. The zero-order chi connectivity index (χ0) is 25.5. The molecule has 1 aliphatic heterocycles. The van der Waals surface area contributed by atoms with E-state index in [4.69, 9.17) is 4.74 Å². The van der Waals surface area contributed by atoms with Gasteiger partial charge in [0.2, 0.25) is 5.88 Å². The largest absolute Gasteiger partial charge is 0.472 e. The maximum Gasteiger partial charge on any atom is 0.259 e. The Kier molecular flexibility index (Phi) is 8.95. The predicted molar refractivity (Wildman–Crippen MR) is 139 cm³/mol. The average Bonchev–Trinajstić information content (AvgIpc) is 2.90. The fourth-order valence-electron chi connectivity index (χ4n) is 4.99. The van der Waals surface area contributed by atoms with Crippen LogP contribution in [-0.2, 0) is 6.54 Å². The highest BCUT2D eigenvalue weighted by Crippen LogP contribution is 2.28. The first-order valence-corrected chi connectivity index (χ1v) is 13.1. The van der Waals surface area contributed by atoms with E-state index in [2.05, 4.69) is 40.7 Å². The molecule has 192 valence electrons. The lowest BCUT2D eigenvalue weighted by atomic mass is 9.90. The first-order chi connectivity index (χ1) is 17.4. The number of hydrogen-bond acceptors (Lipinski definition) is 6. The monoisotopic (exact) mass is 490 g/mol. The zero-order valence-electron chi connectivity index (χ0n) is 21.7. The average molecular weight is 491 g/mol.